The Hall–Kier alpha value is -1.06. The number of benzene rings is 1. The van der Waals surface area contributed by atoms with Crippen molar-refractivity contribution in [3.8, 4) is 0 Å². The summed E-state index contributed by atoms with van der Waals surface area (Å²) in [6.07, 6.45) is 7.06. The van der Waals surface area contributed by atoms with E-state index in [0.29, 0.717) is 19.0 Å². The normalized spacial score (nSPS) is 16.1. The first-order valence-corrected chi connectivity index (χ1v) is 7.86. The molecule has 2 N–H and O–H groups in total. The molecular formula is C16H23ClN2O. The summed E-state index contributed by atoms with van der Waals surface area (Å²) in [5.41, 5.74) is 1.07. The number of amides is 1. The highest BCUT2D eigenvalue weighted by atomic mass is 35.5. The summed E-state index contributed by atoms with van der Waals surface area (Å²) in [7, 11) is 0. The summed E-state index contributed by atoms with van der Waals surface area (Å²) in [5, 5.41) is 7.13. The summed E-state index contributed by atoms with van der Waals surface area (Å²) in [6.45, 7) is 1.34. The monoisotopic (exact) mass is 294 g/mol. The molecule has 0 bridgehead atoms. The van der Waals surface area contributed by atoms with Crippen molar-refractivity contribution >= 4 is 17.5 Å². The second-order valence-corrected chi connectivity index (χ2v) is 5.88. The largest absolute Gasteiger partial charge is 0.352 e. The summed E-state index contributed by atoms with van der Waals surface area (Å²) in [6, 6.07) is 8.17. The van der Waals surface area contributed by atoms with Gasteiger partial charge in [-0.25, -0.2) is 0 Å². The van der Waals surface area contributed by atoms with Gasteiger partial charge in [0.25, 0.3) is 0 Å². The zero-order chi connectivity index (χ0) is 14.2. The van der Waals surface area contributed by atoms with E-state index in [2.05, 4.69) is 10.6 Å². The van der Waals surface area contributed by atoms with Crippen molar-refractivity contribution in [1.29, 1.82) is 0 Å². The maximum absolute atomic E-state index is 11.7. The third-order valence-electron chi connectivity index (χ3n) is 3.79. The van der Waals surface area contributed by atoms with Crippen LogP contribution in [0.1, 0.15) is 44.1 Å². The fraction of sp³-hybridized carbons (Fsp3) is 0.562. The number of carbonyl (C=O) groups excluding carboxylic acids is 1. The van der Waals surface area contributed by atoms with Crippen molar-refractivity contribution < 1.29 is 4.79 Å². The van der Waals surface area contributed by atoms with Crippen molar-refractivity contribution in [2.45, 2.75) is 51.1 Å². The van der Waals surface area contributed by atoms with Crippen LogP contribution in [0, 0.1) is 0 Å². The van der Waals surface area contributed by atoms with Gasteiger partial charge in [0.05, 0.1) is 0 Å². The Morgan fingerprint density at radius 2 is 1.85 bits per heavy atom. The highest BCUT2D eigenvalue weighted by Gasteiger charge is 2.12. The number of hydrogen-bond acceptors (Lipinski definition) is 2. The Morgan fingerprint density at radius 3 is 2.55 bits per heavy atom. The van der Waals surface area contributed by atoms with Crippen molar-refractivity contribution in [3.63, 3.8) is 0 Å². The molecule has 0 atom stereocenters. The maximum Gasteiger partial charge on any atom is 0.221 e. The van der Waals surface area contributed by atoms with Gasteiger partial charge in [-0.05, 0) is 30.5 Å². The molecule has 1 amide bonds. The van der Waals surface area contributed by atoms with E-state index in [1.165, 1.54) is 32.1 Å². The lowest BCUT2D eigenvalue weighted by Crippen LogP contribution is -2.34. The van der Waals surface area contributed by atoms with E-state index < -0.39 is 0 Å². The van der Waals surface area contributed by atoms with Gasteiger partial charge in [0.15, 0.2) is 0 Å². The van der Waals surface area contributed by atoms with Crippen LogP contribution in [0.2, 0.25) is 5.02 Å². The standard InChI is InChI=1S/C16H23ClN2O/c17-14-8-6-13(7-9-14)12-19-16(20)10-11-18-15-4-2-1-3-5-15/h6-9,15,18H,1-5,10-12H2,(H,19,20). The Kier molecular flexibility index (Phi) is 6.34. The second-order valence-electron chi connectivity index (χ2n) is 5.44. The van der Waals surface area contributed by atoms with Gasteiger partial charge in [-0.3, -0.25) is 4.79 Å². The first-order valence-electron chi connectivity index (χ1n) is 7.48. The van der Waals surface area contributed by atoms with E-state index in [-0.39, 0.29) is 5.91 Å². The van der Waals surface area contributed by atoms with E-state index in [1.807, 2.05) is 24.3 Å². The molecule has 110 valence electrons. The van der Waals surface area contributed by atoms with Crippen LogP contribution in [0.25, 0.3) is 0 Å². The molecule has 2 rings (SSSR count). The number of nitrogens with one attached hydrogen (secondary N) is 2. The molecule has 1 saturated carbocycles. The molecule has 0 aromatic heterocycles. The molecule has 1 aromatic rings. The van der Waals surface area contributed by atoms with Crippen LogP contribution in [0.5, 0.6) is 0 Å². The van der Waals surface area contributed by atoms with Crippen LogP contribution in [0.15, 0.2) is 24.3 Å². The Labute approximate surface area is 126 Å². The second kappa shape index (κ2) is 8.28. The predicted molar refractivity (Wildman–Crippen MR) is 82.8 cm³/mol. The highest BCUT2D eigenvalue weighted by molar-refractivity contribution is 6.30. The van der Waals surface area contributed by atoms with Gasteiger partial charge in [-0.15, -0.1) is 0 Å². The first kappa shape index (κ1) is 15.3. The average Bonchev–Trinajstić information content (AvgIpc) is 2.48. The molecular weight excluding hydrogens is 272 g/mol. The molecule has 0 spiro atoms. The van der Waals surface area contributed by atoms with Gasteiger partial charge in [-0.2, -0.15) is 0 Å². The molecule has 0 saturated heterocycles. The van der Waals surface area contributed by atoms with Gasteiger partial charge in [0.2, 0.25) is 5.91 Å². The molecule has 1 fully saturated rings. The Morgan fingerprint density at radius 1 is 1.15 bits per heavy atom. The maximum atomic E-state index is 11.7. The fourth-order valence-electron chi connectivity index (χ4n) is 2.59. The third-order valence-corrected chi connectivity index (χ3v) is 4.05. The smallest absolute Gasteiger partial charge is 0.221 e. The third kappa shape index (κ3) is 5.51. The van der Waals surface area contributed by atoms with Gasteiger partial charge in [0.1, 0.15) is 0 Å². The lowest BCUT2D eigenvalue weighted by molar-refractivity contribution is -0.121. The lowest BCUT2D eigenvalue weighted by Gasteiger charge is -2.22. The summed E-state index contributed by atoms with van der Waals surface area (Å²) in [5.74, 6) is 0.100. The SMILES string of the molecule is O=C(CCNC1CCCCC1)NCc1ccc(Cl)cc1. The minimum Gasteiger partial charge on any atom is -0.352 e. The van der Waals surface area contributed by atoms with Gasteiger partial charge in [-0.1, -0.05) is 43.0 Å². The summed E-state index contributed by atoms with van der Waals surface area (Å²) >= 11 is 5.82. The Bertz CT molecular complexity index is 413. The molecule has 20 heavy (non-hydrogen) atoms. The summed E-state index contributed by atoms with van der Waals surface area (Å²) in [4.78, 5) is 11.7. The predicted octanol–water partition coefficient (Wildman–Crippen LogP) is 3.27. The molecule has 0 radical (unpaired) electrons. The minimum absolute atomic E-state index is 0.100. The Balaban J connectivity index is 1.59. The number of rotatable bonds is 6. The molecule has 0 heterocycles. The van der Waals surface area contributed by atoms with Crippen molar-refractivity contribution in [2.75, 3.05) is 6.54 Å². The van der Waals surface area contributed by atoms with Crippen LogP contribution in [-0.4, -0.2) is 18.5 Å². The quantitative estimate of drug-likeness (QED) is 0.845. The minimum atomic E-state index is 0.100. The van der Waals surface area contributed by atoms with Crippen LogP contribution in [-0.2, 0) is 11.3 Å². The molecule has 1 aromatic carbocycles. The van der Waals surface area contributed by atoms with Crippen LogP contribution < -0.4 is 10.6 Å². The van der Waals surface area contributed by atoms with Gasteiger partial charge in [0, 0.05) is 30.6 Å². The number of carbonyl (C=O) groups is 1. The molecule has 3 nitrogen and oxygen atoms in total. The van der Waals surface area contributed by atoms with E-state index in [0.717, 1.165) is 17.1 Å². The van der Waals surface area contributed by atoms with Crippen LogP contribution in [0.3, 0.4) is 0 Å². The van der Waals surface area contributed by atoms with E-state index >= 15 is 0 Å². The van der Waals surface area contributed by atoms with Gasteiger partial charge >= 0.3 is 0 Å². The van der Waals surface area contributed by atoms with Crippen molar-refractivity contribution in [1.82, 2.24) is 10.6 Å². The molecule has 4 heteroatoms. The van der Waals surface area contributed by atoms with Crippen molar-refractivity contribution in [3.05, 3.63) is 34.9 Å². The fourth-order valence-corrected chi connectivity index (χ4v) is 2.71. The first-order chi connectivity index (χ1) is 9.74. The average molecular weight is 295 g/mol. The molecule has 1 aliphatic rings. The number of hydrogen-bond donors (Lipinski definition) is 2. The number of halogens is 1. The molecule has 0 unspecified atom stereocenters. The van der Waals surface area contributed by atoms with E-state index in [4.69, 9.17) is 11.6 Å². The zero-order valence-electron chi connectivity index (χ0n) is 11.8. The summed E-state index contributed by atoms with van der Waals surface area (Å²) < 4.78 is 0. The highest BCUT2D eigenvalue weighted by Crippen LogP contribution is 2.17. The molecule has 1 aliphatic carbocycles. The van der Waals surface area contributed by atoms with E-state index in [1.54, 1.807) is 0 Å². The van der Waals surface area contributed by atoms with Crippen LogP contribution >= 0.6 is 11.6 Å². The molecule has 0 aliphatic heterocycles. The topological polar surface area (TPSA) is 41.1 Å². The zero-order valence-corrected chi connectivity index (χ0v) is 12.6. The van der Waals surface area contributed by atoms with Crippen molar-refractivity contribution in [2.24, 2.45) is 0 Å². The van der Waals surface area contributed by atoms with Gasteiger partial charge < -0.3 is 10.6 Å². The van der Waals surface area contributed by atoms with E-state index in [9.17, 15) is 4.79 Å². The lowest BCUT2D eigenvalue weighted by atomic mass is 9.95. The van der Waals surface area contributed by atoms with Crippen LogP contribution in [0.4, 0.5) is 0 Å².